The van der Waals surface area contributed by atoms with Gasteiger partial charge in [0.1, 0.15) is 17.9 Å². The Morgan fingerprint density at radius 1 is 1.17 bits per heavy atom. The first-order chi connectivity index (χ1) is 14.7. The minimum absolute atomic E-state index is 0.135. The summed E-state index contributed by atoms with van der Waals surface area (Å²) >= 11 is 0. The molecule has 0 atom stereocenters. The van der Waals surface area contributed by atoms with E-state index < -0.39 is 5.82 Å². The molecule has 152 valence electrons. The first kappa shape index (κ1) is 18.3. The normalized spacial score (nSPS) is 13.4. The number of aromatic nitrogens is 4. The highest BCUT2D eigenvalue weighted by Crippen LogP contribution is 2.38. The maximum absolute atomic E-state index is 13.9. The molecule has 30 heavy (non-hydrogen) atoms. The molecule has 0 unspecified atom stereocenters. The Kier molecular flexibility index (Phi) is 4.62. The van der Waals surface area contributed by atoms with Gasteiger partial charge in [0.15, 0.2) is 18.2 Å². The van der Waals surface area contributed by atoms with Gasteiger partial charge in [0.05, 0.1) is 12.6 Å². The Bertz CT molecular complexity index is 1190. The van der Waals surface area contributed by atoms with Crippen molar-refractivity contribution < 1.29 is 18.4 Å². The summed E-state index contributed by atoms with van der Waals surface area (Å²) in [6.07, 6.45) is 3.61. The Labute approximate surface area is 171 Å². The molecule has 2 aromatic carbocycles. The zero-order valence-corrected chi connectivity index (χ0v) is 16.1. The number of nitrogens with zero attached hydrogens (tertiary/aromatic N) is 4. The van der Waals surface area contributed by atoms with E-state index in [-0.39, 0.29) is 12.4 Å². The van der Waals surface area contributed by atoms with Gasteiger partial charge in [-0.25, -0.2) is 14.4 Å². The smallest absolute Gasteiger partial charge is 0.229 e. The summed E-state index contributed by atoms with van der Waals surface area (Å²) < 4.78 is 29.9. The molecule has 9 heteroatoms. The molecular weight excluding hydrogens is 389 g/mol. The number of rotatable bonds is 7. The maximum Gasteiger partial charge on any atom is 0.229 e. The number of benzene rings is 2. The lowest BCUT2D eigenvalue weighted by molar-refractivity contribution is 0.285. The molecule has 1 aliphatic carbocycles. The molecule has 8 nitrogen and oxygen atoms in total. The first-order valence-electron chi connectivity index (χ1n) is 9.50. The molecule has 2 heterocycles. The van der Waals surface area contributed by atoms with Crippen molar-refractivity contribution in [3.8, 4) is 11.5 Å². The van der Waals surface area contributed by atoms with Gasteiger partial charge < -0.3 is 19.3 Å². The van der Waals surface area contributed by atoms with Crippen molar-refractivity contribution in [3.63, 3.8) is 0 Å². The SMILES string of the molecule is COc1cc2c(Nc3ccc(OCc4noc(C5CC5)n4)cc3)ncnc2cc1F. The fourth-order valence-corrected chi connectivity index (χ4v) is 3.06. The van der Waals surface area contributed by atoms with Gasteiger partial charge in [0, 0.05) is 23.1 Å². The number of methoxy groups -OCH3 is 1. The lowest BCUT2D eigenvalue weighted by Crippen LogP contribution is -1.99. The summed E-state index contributed by atoms with van der Waals surface area (Å²) in [5.74, 6) is 2.54. The van der Waals surface area contributed by atoms with Gasteiger partial charge in [0.25, 0.3) is 0 Å². The van der Waals surface area contributed by atoms with Crippen LogP contribution in [0.15, 0.2) is 47.2 Å². The van der Waals surface area contributed by atoms with Crippen LogP contribution in [0.25, 0.3) is 10.9 Å². The number of hydrogen-bond acceptors (Lipinski definition) is 8. The van der Waals surface area contributed by atoms with E-state index in [0.717, 1.165) is 18.5 Å². The van der Waals surface area contributed by atoms with E-state index in [1.165, 1.54) is 19.5 Å². The van der Waals surface area contributed by atoms with Gasteiger partial charge in [-0.05, 0) is 43.2 Å². The summed E-state index contributed by atoms with van der Waals surface area (Å²) in [5.41, 5.74) is 1.28. The zero-order chi connectivity index (χ0) is 20.5. The molecule has 2 aromatic heterocycles. The second-order valence-corrected chi connectivity index (χ2v) is 6.99. The molecule has 1 fully saturated rings. The predicted octanol–water partition coefficient (Wildman–Crippen LogP) is 4.36. The van der Waals surface area contributed by atoms with Crippen LogP contribution >= 0.6 is 0 Å². The van der Waals surface area contributed by atoms with E-state index in [1.54, 1.807) is 6.07 Å². The highest BCUT2D eigenvalue weighted by Gasteiger charge is 2.29. The molecule has 0 bridgehead atoms. The van der Waals surface area contributed by atoms with Crippen molar-refractivity contribution >= 4 is 22.4 Å². The average Bonchev–Trinajstić information content (AvgIpc) is 3.51. The maximum atomic E-state index is 13.9. The van der Waals surface area contributed by atoms with Gasteiger partial charge in [-0.15, -0.1) is 0 Å². The van der Waals surface area contributed by atoms with Crippen LogP contribution in [-0.2, 0) is 6.61 Å². The molecule has 0 saturated heterocycles. The number of hydrogen-bond donors (Lipinski definition) is 1. The van der Waals surface area contributed by atoms with Crippen LogP contribution in [0.2, 0.25) is 0 Å². The minimum Gasteiger partial charge on any atom is -0.494 e. The van der Waals surface area contributed by atoms with E-state index in [2.05, 4.69) is 25.4 Å². The lowest BCUT2D eigenvalue weighted by Gasteiger charge is -2.11. The quantitative estimate of drug-likeness (QED) is 0.483. The van der Waals surface area contributed by atoms with Gasteiger partial charge in [-0.1, -0.05) is 5.16 Å². The average molecular weight is 407 g/mol. The fourth-order valence-electron chi connectivity index (χ4n) is 3.06. The summed E-state index contributed by atoms with van der Waals surface area (Å²) in [6.45, 7) is 0.241. The summed E-state index contributed by atoms with van der Waals surface area (Å²) in [5, 5.41) is 7.81. The summed E-state index contributed by atoms with van der Waals surface area (Å²) in [7, 11) is 1.42. The molecule has 1 N–H and O–H groups in total. The zero-order valence-electron chi connectivity index (χ0n) is 16.1. The van der Waals surface area contributed by atoms with E-state index >= 15 is 0 Å². The number of ether oxygens (including phenoxy) is 2. The van der Waals surface area contributed by atoms with Crippen molar-refractivity contribution in [1.82, 2.24) is 20.1 Å². The second-order valence-electron chi connectivity index (χ2n) is 6.99. The summed E-state index contributed by atoms with van der Waals surface area (Å²) in [6, 6.07) is 10.3. The van der Waals surface area contributed by atoms with E-state index in [1.807, 2.05) is 24.3 Å². The minimum atomic E-state index is -0.470. The van der Waals surface area contributed by atoms with Crippen LogP contribution in [0.1, 0.15) is 30.5 Å². The highest BCUT2D eigenvalue weighted by molar-refractivity contribution is 5.91. The van der Waals surface area contributed by atoms with E-state index in [0.29, 0.717) is 40.1 Å². The van der Waals surface area contributed by atoms with Crippen LogP contribution in [0.3, 0.4) is 0 Å². The molecule has 0 radical (unpaired) electrons. The Balaban J connectivity index is 1.28. The molecule has 0 spiro atoms. The predicted molar refractivity (Wildman–Crippen MR) is 106 cm³/mol. The topological polar surface area (TPSA) is 95.2 Å². The molecule has 4 aromatic rings. The largest absolute Gasteiger partial charge is 0.494 e. The van der Waals surface area contributed by atoms with E-state index in [9.17, 15) is 4.39 Å². The molecule has 1 aliphatic rings. The van der Waals surface area contributed by atoms with Crippen LogP contribution < -0.4 is 14.8 Å². The number of halogens is 1. The Morgan fingerprint density at radius 3 is 2.77 bits per heavy atom. The number of fused-ring (bicyclic) bond motifs is 1. The van der Waals surface area contributed by atoms with Crippen molar-refractivity contribution in [2.45, 2.75) is 25.4 Å². The number of nitrogens with one attached hydrogen (secondary N) is 1. The lowest BCUT2D eigenvalue weighted by atomic mass is 10.2. The second kappa shape index (κ2) is 7.58. The highest BCUT2D eigenvalue weighted by atomic mass is 19.1. The van der Waals surface area contributed by atoms with Gasteiger partial charge in [-0.2, -0.15) is 4.98 Å². The summed E-state index contributed by atoms with van der Waals surface area (Å²) in [4.78, 5) is 12.7. The van der Waals surface area contributed by atoms with Crippen molar-refractivity contribution in [3.05, 3.63) is 60.3 Å². The van der Waals surface area contributed by atoms with Crippen LogP contribution in [0, 0.1) is 5.82 Å². The molecule has 5 rings (SSSR count). The van der Waals surface area contributed by atoms with Gasteiger partial charge in [0.2, 0.25) is 11.7 Å². The standard InChI is InChI=1S/C21H18FN5O3/c1-28-18-8-15-17(9-16(18)22)23-11-24-20(15)25-13-4-6-14(7-5-13)29-10-19-26-21(30-27-19)12-2-3-12/h4-9,11-12H,2-3,10H2,1H3,(H,23,24,25). The Hall–Kier alpha value is -3.75. The third-order valence-corrected chi connectivity index (χ3v) is 4.80. The molecular formula is C21H18FN5O3. The van der Waals surface area contributed by atoms with Crippen LogP contribution in [0.4, 0.5) is 15.9 Å². The van der Waals surface area contributed by atoms with E-state index in [4.69, 9.17) is 14.0 Å². The number of anilines is 2. The fraction of sp³-hybridized carbons (Fsp3) is 0.238. The third-order valence-electron chi connectivity index (χ3n) is 4.80. The van der Waals surface area contributed by atoms with Gasteiger partial charge in [-0.3, -0.25) is 0 Å². The van der Waals surface area contributed by atoms with Crippen LogP contribution in [-0.4, -0.2) is 27.2 Å². The third kappa shape index (κ3) is 3.73. The monoisotopic (exact) mass is 407 g/mol. The van der Waals surface area contributed by atoms with Crippen molar-refractivity contribution in [2.75, 3.05) is 12.4 Å². The Morgan fingerprint density at radius 2 is 2.00 bits per heavy atom. The van der Waals surface area contributed by atoms with Crippen molar-refractivity contribution in [1.29, 1.82) is 0 Å². The van der Waals surface area contributed by atoms with Crippen LogP contribution in [0.5, 0.6) is 11.5 Å². The van der Waals surface area contributed by atoms with Crippen molar-refractivity contribution in [2.24, 2.45) is 0 Å². The first-order valence-corrected chi connectivity index (χ1v) is 9.50. The molecule has 1 saturated carbocycles. The van der Waals surface area contributed by atoms with Gasteiger partial charge >= 0.3 is 0 Å². The molecule has 0 amide bonds. The molecule has 0 aliphatic heterocycles.